The Balaban J connectivity index is 1.90. The number of aromatic nitrogens is 1. The first-order valence-corrected chi connectivity index (χ1v) is 7.62. The molecule has 2 N–H and O–H groups in total. The third kappa shape index (κ3) is 3.19. The van der Waals surface area contributed by atoms with Gasteiger partial charge in [0.2, 0.25) is 5.88 Å². The van der Waals surface area contributed by atoms with Crippen LogP contribution in [0.25, 0.3) is 11.1 Å². The summed E-state index contributed by atoms with van der Waals surface area (Å²) in [6, 6.07) is 18.1. The number of pyridine rings is 1. The smallest absolute Gasteiger partial charge is 0.219 e. The van der Waals surface area contributed by atoms with Crippen molar-refractivity contribution in [3.05, 3.63) is 71.4 Å². The lowest BCUT2D eigenvalue weighted by molar-refractivity contribution is 0.461. The van der Waals surface area contributed by atoms with Crippen molar-refractivity contribution in [2.75, 3.05) is 5.73 Å². The van der Waals surface area contributed by atoms with Gasteiger partial charge in [-0.25, -0.2) is 4.98 Å². The van der Waals surface area contributed by atoms with E-state index >= 15 is 0 Å². The molecular formula is C20H20N2O. The van der Waals surface area contributed by atoms with Crippen molar-refractivity contribution in [1.29, 1.82) is 0 Å². The standard InChI is InChI=1S/C20H20N2O/c1-13-6-4-5-7-17(13)18-9-8-16(12-14(18)2)23-20-11-10-19(21)15(3)22-20/h4-12H,21H2,1-3H3. The van der Waals surface area contributed by atoms with Gasteiger partial charge in [-0.2, -0.15) is 0 Å². The Morgan fingerprint density at radius 2 is 1.57 bits per heavy atom. The number of rotatable bonds is 3. The number of benzene rings is 2. The number of nitrogen functional groups attached to an aromatic ring is 1. The SMILES string of the molecule is Cc1ccccc1-c1ccc(Oc2ccc(N)c(C)n2)cc1C. The second kappa shape index (κ2) is 6.13. The predicted octanol–water partition coefficient (Wildman–Crippen LogP) is 5.05. The third-order valence-electron chi connectivity index (χ3n) is 3.96. The summed E-state index contributed by atoms with van der Waals surface area (Å²) >= 11 is 0. The lowest BCUT2D eigenvalue weighted by atomic mass is 9.97. The van der Waals surface area contributed by atoms with E-state index in [1.54, 1.807) is 6.07 Å². The van der Waals surface area contributed by atoms with Crippen molar-refractivity contribution in [1.82, 2.24) is 4.98 Å². The van der Waals surface area contributed by atoms with Gasteiger partial charge in [-0.3, -0.25) is 0 Å². The minimum Gasteiger partial charge on any atom is -0.439 e. The van der Waals surface area contributed by atoms with E-state index in [0.29, 0.717) is 11.6 Å². The molecule has 0 saturated heterocycles. The monoisotopic (exact) mass is 304 g/mol. The first-order chi connectivity index (χ1) is 11.0. The average molecular weight is 304 g/mol. The zero-order valence-corrected chi connectivity index (χ0v) is 13.6. The van der Waals surface area contributed by atoms with Crippen molar-refractivity contribution in [2.45, 2.75) is 20.8 Å². The first-order valence-electron chi connectivity index (χ1n) is 7.62. The topological polar surface area (TPSA) is 48.1 Å². The Labute approximate surface area is 136 Å². The molecule has 0 fully saturated rings. The molecule has 116 valence electrons. The lowest BCUT2D eigenvalue weighted by Crippen LogP contribution is -1.95. The summed E-state index contributed by atoms with van der Waals surface area (Å²) in [5.74, 6) is 1.33. The van der Waals surface area contributed by atoms with Crippen molar-refractivity contribution in [3.8, 4) is 22.8 Å². The number of hydrogen-bond acceptors (Lipinski definition) is 3. The van der Waals surface area contributed by atoms with Crippen molar-refractivity contribution in [3.63, 3.8) is 0 Å². The largest absolute Gasteiger partial charge is 0.439 e. The van der Waals surface area contributed by atoms with Crippen LogP contribution < -0.4 is 10.5 Å². The van der Waals surface area contributed by atoms with E-state index in [-0.39, 0.29) is 0 Å². The highest BCUT2D eigenvalue weighted by atomic mass is 16.5. The normalized spacial score (nSPS) is 10.6. The Kier molecular flexibility index (Phi) is 4.02. The molecule has 0 radical (unpaired) electrons. The van der Waals surface area contributed by atoms with Gasteiger partial charge in [-0.05, 0) is 61.2 Å². The Morgan fingerprint density at radius 3 is 2.26 bits per heavy atom. The molecule has 0 amide bonds. The highest BCUT2D eigenvalue weighted by Crippen LogP contribution is 2.30. The van der Waals surface area contributed by atoms with E-state index in [9.17, 15) is 0 Å². The van der Waals surface area contributed by atoms with Crippen LogP contribution in [0.1, 0.15) is 16.8 Å². The van der Waals surface area contributed by atoms with Gasteiger partial charge < -0.3 is 10.5 Å². The molecule has 23 heavy (non-hydrogen) atoms. The maximum Gasteiger partial charge on any atom is 0.219 e. The third-order valence-corrected chi connectivity index (χ3v) is 3.96. The van der Waals surface area contributed by atoms with E-state index in [0.717, 1.165) is 11.4 Å². The van der Waals surface area contributed by atoms with Crippen LogP contribution in [0.2, 0.25) is 0 Å². The summed E-state index contributed by atoms with van der Waals surface area (Å²) in [6.07, 6.45) is 0. The van der Waals surface area contributed by atoms with Crippen molar-refractivity contribution in [2.24, 2.45) is 0 Å². The summed E-state index contributed by atoms with van der Waals surface area (Å²) in [7, 11) is 0. The fourth-order valence-corrected chi connectivity index (χ4v) is 2.60. The van der Waals surface area contributed by atoms with Gasteiger partial charge in [-0.1, -0.05) is 30.3 Å². The highest BCUT2D eigenvalue weighted by molar-refractivity contribution is 5.71. The molecule has 3 aromatic rings. The number of nitrogens with zero attached hydrogens (tertiary/aromatic N) is 1. The van der Waals surface area contributed by atoms with Crippen LogP contribution in [0.4, 0.5) is 5.69 Å². The average Bonchev–Trinajstić information content (AvgIpc) is 2.52. The fourth-order valence-electron chi connectivity index (χ4n) is 2.60. The van der Waals surface area contributed by atoms with E-state index in [1.807, 2.05) is 25.1 Å². The molecule has 0 atom stereocenters. The second-order valence-corrected chi connectivity index (χ2v) is 5.72. The summed E-state index contributed by atoms with van der Waals surface area (Å²) in [5.41, 5.74) is 12.1. The summed E-state index contributed by atoms with van der Waals surface area (Å²) < 4.78 is 5.85. The zero-order chi connectivity index (χ0) is 16.4. The number of ether oxygens (including phenoxy) is 1. The molecule has 0 aliphatic carbocycles. The summed E-state index contributed by atoms with van der Waals surface area (Å²) in [6.45, 7) is 6.09. The minimum atomic E-state index is 0.555. The Hall–Kier alpha value is -2.81. The van der Waals surface area contributed by atoms with Gasteiger partial charge in [0.25, 0.3) is 0 Å². The van der Waals surface area contributed by atoms with Crippen molar-refractivity contribution < 1.29 is 4.74 Å². The molecule has 0 aliphatic heterocycles. The van der Waals surface area contributed by atoms with Crippen LogP contribution in [0.15, 0.2) is 54.6 Å². The molecule has 2 aromatic carbocycles. The molecule has 1 heterocycles. The fraction of sp³-hybridized carbons (Fsp3) is 0.150. The number of anilines is 1. The van der Waals surface area contributed by atoms with Gasteiger partial charge >= 0.3 is 0 Å². The summed E-state index contributed by atoms with van der Waals surface area (Å²) in [5, 5.41) is 0. The van der Waals surface area contributed by atoms with Crippen LogP contribution in [-0.2, 0) is 0 Å². The molecule has 3 heteroatoms. The van der Waals surface area contributed by atoms with Gasteiger partial charge in [0.15, 0.2) is 0 Å². The van der Waals surface area contributed by atoms with Crippen LogP contribution in [0, 0.1) is 20.8 Å². The zero-order valence-electron chi connectivity index (χ0n) is 13.6. The van der Waals surface area contributed by atoms with Gasteiger partial charge in [0.05, 0.1) is 11.4 Å². The molecule has 1 aromatic heterocycles. The van der Waals surface area contributed by atoms with E-state index < -0.39 is 0 Å². The molecule has 0 spiro atoms. The molecule has 0 unspecified atom stereocenters. The van der Waals surface area contributed by atoms with Crippen LogP contribution >= 0.6 is 0 Å². The predicted molar refractivity (Wildman–Crippen MR) is 94.8 cm³/mol. The van der Waals surface area contributed by atoms with Gasteiger partial charge in [0, 0.05) is 6.07 Å². The maximum absolute atomic E-state index is 5.85. The van der Waals surface area contributed by atoms with E-state index in [2.05, 4.69) is 49.2 Å². The Morgan fingerprint density at radius 1 is 0.826 bits per heavy atom. The van der Waals surface area contributed by atoms with Crippen molar-refractivity contribution >= 4 is 5.69 Å². The Bertz CT molecular complexity index is 856. The molecule has 3 rings (SSSR count). The van der Waals surface area contributed by atoms with E-state index in [1.165, 1.54) is 22.3 Å². The van der Waals surface area contributed by atoms with Crippen LogP contribution in [0.5, 0.6) is 11.6 Å². The highest BCUT2D eigenvalue weighted by Gasteiger charge is 2.07. The lowest BCUT2D eigenvalue weighted by Gasteiger charge is -2.12. The quantitative estimate of drug-likeness (QED) is 0.736. The number of aryl methyl sites for hydroxylation is 3. The van der Waals surface area contributed by atoms with E-state index in [4.69, 9.17) is 10.5 Å². The second-order valence-electron chi connectivity index (χ2n) is 5.72. The van der Waals surface area contributed by atoms with Gasteiger partial charge in [-0.15, -0.1) is 0 Å². The molecule has 0 saturated carbocycles. The molecule has 3 nitrogen and oxygen atoms in total. The first kappa shape index (κ1) is 15.1. The molecular weight excluding hydrogens is 284 g/mol. The molecule has 0 aliphatic rings. The maximum atomic E-state index is 5.85. The minimum absolute atomic E-state index is 0.555. The number of nitrogens with two attached hydrogens (primary N) is 1. The van der Waals surface area contributed by atoms with Gasteiger partial charge in [0.1, 0.15) is 5.75 Å². The van der Waals surface area contributed by atoms with Crippen LogP contribution in [-0.4, -0.2) is 4.98 Å². The summed E-state index contributed by atoms with van der Waals surface area (Å²) in [4.78, 5) is 4.35. The molecule has 0 bridgehead atoms. The number of hydrogen-bond donors (Lipinski definition) is 1. The van der Waals surface area contributed by atoms with Crippen LogP contribution in [0.3, 0.4) is 0 Å².